The lowest BCUT2D eigenvalue weighted by atomic mass is 10.1. The second kappa shape index (κ2) is 4.30. The molecular weight excluding hydrogens is 194 g/mol. The third-order valence-corrected chi connectivity index (χ3v) is 2.66. The molecule has 4 heteroatoms. The molecule has 0 amide bonds. The van der Waals surface area contributed by atoms with Crippen LogP contribution in [0.2, 0.25) is 0 Å². The van der Waals surface area contributed by atoms with Gasteiger partial charge in [0.15, 0.2) is 0 Å². The number of hydrogen-bond donors (Lipinski definition) is 1. The highest BCUT2D eigenvalue weighted by molar-refractivity contribution is 7.03. The smallest absolute Gasteiger partial charge is 0.0761 e. The predicted molar refractivity (Wildman–Crippen MR) is 57.3 cm³/mol. The SMILES string of the molecule is CNC(c1ccncc1)c1ccsn1. The predicted octanol–water partition coefficient (Wildman–Crippen LogP) is 1.85. The fourth-order valence-electron chi connectivity index (χ4n) is 1.41. The van der Waals surface area contributed by atoms with Crippen LogP contribution in [0.3, 0.4) is 0 Å². The van der Waals surface area contributed by atoms with Crippen molar-refractivity contribution in [3.05, 3.63) is 47.2 Å². The molecule has 14 heavy (non-hydrogen) atoms. The van der Waals surface area contributed by atoms with Crippen molar-refractivity contribution in [2.24, 2.45) is 0 Å². The molecule has 1 atom stereocenters. The molecule has 0 fully saturated rings. The van der Waals surface area contributed by atoms with E-state index in [9.17, 15) is 0 Å². The summed E-state index contributed by atoms with van der Waals surface area (Å²) >= 11 is 1.47. The van der Waals surface area contributed by atoms with Crippen LogP contribution in [0, 0.1) is 0 Å². The van der Waals surface area contributed by atoms with E-state index >= 15 is 0 Å². The average molecular weight is 205 g/mol. The van der Waals surface area contributed by atoms with Crippen LogP contribution in [0.5, 0.6) is 0 Å². The number of pyridine rings is 1. The maximum atomic E-state index is 4.32. The van der Waals surface area contributed by atoms with E-state index in [4.69, 9.17) is 0 Å². The fraction of sp³-hybridized carbons (Fsp3) is 0.200. The van der Waals surface area contributed by atoms with Crippen LogP contribution in [-0.2, 0) is 0 Å². The summed E-state index contributed by atoms with van der Waals surface area (Å²) < 4.78 is 4.32. The van der Waals surface area contributed by atoms with Crippen molar-refractivity contribution >= 4 is 11.5 Å². The topological polar surface area (TPSA) is 37.8 Å². The lowest BCUT2D eigenvalue weighted by Crippen LogP contribution is -2.17. The van der Waals surface area contributed by atoms with Crippen LogP contribution in [0.1, 0.15) is 17.3 Å². The fourth-order valence-corrected chi connectivity index (χ4v) is 1.96. The highest BCUT2D eigenvalue weighted by Gasteiger charge is 2.12. The van der Waals surface area contributed by atoms with Gasteiger partial charge in [0, 0.05) is 17.8 Å². The molecule has 3 nitrogen and oxygen atoms in total. The monoisotopic (exact) mass is 205 g/mol. The van der Waals surface area contributed by atoms with Gasteiger partial charge in [0.2, 0.25) is 0 Å². The maximum absolute atomic E-state index is 4.32. The van der Waals surface area contributed by atoms with Gasteiger partial charge in [-0.3, -0.25) is 4.98 Å². The molecule has 2 heterocycles. The van der Waals surface area contributed by atoms with Gasteiger partial charge in [-0.25, -0.2) is 0 Å². The Morgan fingerprint density at radius 3 is 2.64 bits per heavy atom. The summed E-state index contributed by atoms with van der Waals surface area (Å²) in [5.74, 6) is 0. The summed E-state index contributed by atoms with van der Waals surface area (Å²) in [6.45, 7) is 0. The summed E-state index contributed by atoms with van der Waals surface area (Å²) in [6.07, 6.45) is 3.60. The molecule has 72 valence electrons. The zero-order chi connectivity index (χ0) is 9.80. The highest BCUT2D eigenvalue weighted by Crippen LogP contribution is 2.19. The van der Waals surface area contributed by atoms with Crippen LogP contribution in [0.25, 0.3) is 0 Å². The second-order valence-electron chi connectivity index (χ2n) is 2.93. The van der Waals surface area contributed by atoms with Crippen molar-refractivity contribution in [2.45, 2.75) is 6.04 Å². The van der Waals surface area contributed by atoms with Crippen molar-refractivity contribution < 1.29 is 0 Å². The molecule has 0 aliphatic heterocycles. The second-order valence-corrected chi connectivity index (χ2v) is 3.59. The maximum Gasteiger partial charge on any atom is 0.0761 e. The third kappa shape index (κ3) is 1.81. The number of hydrogen-bond acceptors (Lipinski definition) is 4. The summed E-state index contributed by atoms with van der Waals surface area (Å²) in [4.78, 5) is 4.00. The Bertz CT molecular complexity index is 372. The molecule has 1 N–H and O–H groups in total. The van der Waals surface area contributed by atoms with Crippen molar-refractivity contribution in [1.29, 1.82) is 0 Å². The molecule has 2 aromatic heterocycles. The van der Waals surface area contributed by atoms with Gasteiger partial charge in [0.25, 0.3) is 0 Å². The third-order valence-electron chi connectivity index (χ3n) is 2.08. The van der Waals surface area contributed by atoms with Crippen LogP contribution in [0.15, 0.2) is 36.0 Å². The van der Waals surface area contributed by atoms with Gasteiger partial charge in [-0.2, -0.15) is 4.37 Å². The van der Waals surface area contributed by atoms with E-state index in [2.05, 4.69) is 14.7 Å². The molecular formula is C10H11N3S. The minimum Gasteiger partial charge on any atom is -0.308 e. The molecule has 2 aromatic rings. The van der Waals surface area contributed by atoms with E-state index < -0.39 is 0 Å². The van der Waals surface area contributed by atoms with Crippen LogP contribution < -0.4 is 5.32 Å². The summed E-state index contributed by atoms with van der Waals surface area (Å²) in [5, 5.41) is 5.22. The van der Waals surface area contributed by atoms with Crippen molar-refractivity contribution in [2.75, 3.05) is 7.05 Å². The van der Waals surface area contributed by atoms with E-state index in [-0.39, 0.29) is 6.04 Å². The standard InChI is InChI=1S/C10H11N3S/c1-11-10(9-4-7-14-13-9)8-2-5-12-6-3-8/h2-7,10-11H,1H3. The molecule has 0 saturated heterocycles. The first-order valence-electron chi connectivity index (χ1n) is 4.39. The van der Waals surface area contributed by atoms with Gasteiger partial charge in [-0.1, -0.05) is 0 Å². The number of aromatic nitrogens is 2. The Morgan fingerprint density at radius 2 is 2.07 bits per heavy atom. The van der Waals surface area contributed by atoms with Crippen molar-refractivity contribution in [3.8, 4) is 0 Å². The van der Waals surface area contributed by atoms with E-state index in [0.29, 0.717) is 0 Å². The Labute approximate surface area is 87.0 Å². The van der Waals surface area contributed by atoms with Crippen LogP contribution >= 0.6 is 11.5 Å². The molecule has 0 spiro atoms. The summed E-state index contributed by atoms with van der Waals surface area (Å²) in [5.41, 5.74) is 2.25. The van der Waals surface area contributed by atoms with Crippen molar-refractivity contribution in [1.82, 2.24) is 14.7 Å². The first kappa shape index (κ1) is 9.30. The van der Waals surface area contributed by atoms with Gasteiger partial charge in [0.1, 0.15) is 0 Å². The van der Waals surface area contributed by atoms with Crippen LogP contribution in [-0.4, -0.2) is 16.4 Å². The molecule has 0 aromatic carbocycles. The van der Waals surface area contributed by atoms with Gasteiger partial charge in [-0.05, 0) is 42.3 Å². The van der Waals surface area contributed by atoms with Gasteiger partial charge in [0.05, 0.1) is 11.7 Å². The Kier molecular flexibility index (Phi) is 2.86. The lowest BCUT2D eigenvalue weighted by molar-refractivity contribution is 0.677. The molecule has 2 rings (SSSR count). The molecule has 0 saturated carbocycles. The Hall–Kier alpha value is -1.26. The summed E-state index contributed by atoms with van der Waals surface area (Å²) in [6, 6.07) is 6.21. The Morgan fingerprint density at radius 1 is 1.29 bits per heavy atom. The van der Waals surface area contributed by atoms with Gasteiger partial charge < -0.3 is 5.32 Å². The average Bonchev–Trinajstić information content (AvgIpc) is 2.74. The molecule has 1 unspecified atom stereocenters. The molecule has 0 bridgehead atoms. The van der Waals surface area contributed by atoms with Crippen molar-refractivity contribution in [3.63, 3.8) is 0 Å². The largest absolute Gasteiger partial charge is 0.308 e. The first-order chi connectivity index (χ1) is 6.92. The number of nitrogens with zero attached hydrogens (tertiary/aromatic N) is 2. The lowest BCUT2D eigenvalue weighted by Gasteiger charge is -2.13. The number of nitrogens with one attached hydrogen (secondary N) is 1. The van der Waals surface area contributed by atoms with E-state index in [1.165, 1.54) is 17.1 Å². The zero-order valence-electron chi connectivity index (χ0n) is 7.84. The van der Waals surface area contributed by atoms with Gasteiger partial charge >= 0.3 is 0 Å². The molecule has 0 aliphatic carbocycles. The normalized spacial score (nSPS) is 12.6. The minimum atomic E-state index is 0.171. The molecule has 0 aliphatic rings. The molecule has 0 radical (unpaired) electrons. The summed E-state index contributed by atoms with van der Waals surface area (Å²) in [7, 11) is 1.93. The highest BCUT2D eigenvalue weighted by atomic mass is 32.1. The van der Waals surface area contributed by atoms with E-state index in [1.807, 2.05) is 30.6 Å². The minimum absolute atomic E-state index is 0.171. The Balaban J connectivity index is 2.31. The quantitative estimate of drug-likeness (QED) is 0.831. The number of rotatable bonds is 3. The first-order valence-corrected chi connectivity index (χ1v) is 5.23. The van der Waals surface area contributed by atoms with Gasteiger partial charge in [-0.15, -0.1) is 0 Å². The van der Waals surface area contributed by atoms with E-state index in [1.54, 1.807) is 12.4 Å². The zero-order valence-corrected chi connectivity index (χ0v) is 8.66. The van der Waals surface area contributed by atoms with E-state index in [0.717, 1.165) is 5.69 Å². The van der Waals surface area contributed by atoms with Crippen LogP contribution in [0.4, 0.5) is 0 Å².